The maximum Gasteiger partial charge on any atom is 0.192 e. The van der Waals surface area contributed by atoms with E-state index in [0.29, 0.717) is 24.7 Å². The standard InChI is InChI=1S/C23H42O4Si/c1-21(2,3)28(6,7)27-20-11-9-8-10-17-14-18(24)12-13-23(17,20)15-19-16-25-22(4,5)26-19/h17,19-20H,8-16H2,1-7H3/t17?,19-,20+,23-/m0/s1. The van der Waals surface area contributed by atoms with Crippen molar-refractivity contribution in [3.63, 3.8) is 0 Å². The predicted octanol–water partition coefficient (Wildman–Crippen LogP) is 5.85. The van der Waals surface area contributed by atoms with Gasteiger partial charge < -0.3 is 13.9 Å². The summed E-state index contributed by atoms with van der Waals surface area (Å²) >= 11 is 0. The first-order valence-electron chi connectivity index (χ1n) is 11.4. The molecule has 1 saturated heterocycles. The van der Waals surface area contributed by atoms with Crippen LogP contribution in [0.1, 0.15) is 86.0 Å². The van der Waals surface area contributed by atoms with E-state index in [9.17, 15) is 4.79 Å². The van der Waals surface area contributed by atoms with Gasteiger partial charge in [-0.15, -0.1) is 0 Å². The summed E-state index contributed by atoms with van der Waals surface area (Å²) < 4.78 is 19.3. The fourth-order valence-corrected chi connectivity index (χ4v) is 6.79. The lowest BCUT2D eigenvalue weighted by Crippen LogP contribution is -2.54. The maximum atomic E-state index is 12.4. The van der Waals surface area contributed by atoms with Gasteiger partial charge in [-0.3, -0.25) is 4.79 Å². The zero-order chi connectivity index (χ0) is 20.8. The van der Waals surface area contributed by atoms with E-state index in [2.05, 4.69) is 33.9 Å². The van der Waals surface area contributed by atoms with Gasteiger partial charge in [0.05, 0.1) is 18.8 Å². The summed E-state index contributed by atoms with van der Waals surface area (Å²) in [5.41, 5.74) is 0.0500. The Morgan fingerprint density at radius 1 is 1.18 bits per heavy atom. The van der Waals surface area contributed by atoms with Crippen molar-refractivity contribution >= 4 is 14.1 Å². The van der Waals surface area contributed by atoms with Crippen LogP contribution in [0.4, 0.5) is 0 Å². The van der Waals surface area contributed by atoms with Crippen molar-refractivity contribution in [3.8, 4) is 0 Å². The highest BCUT2D eigenvalue weighted by Crippen LogP contribution is 2.55. The van der Waals surface area contributed by atoms with Crippen molar-refractivity contribution in [1.29, 1.82) is 0 Å². The lowest BCUT2D eigenvalue weighted by Gasteiger charge is -2.52. The van der Waals surface area contributed by atoms with E-state index in [1.54, 1.807) is 0 Å². The predicted molar refractivity (Wildman–Crippen MR) is 115 cm³/mol. The molecule has 0 bridgehead atoms. The van der Waals surface area contributed by atoms with Gasteiger partial charge >= 0.3 is 0 Å². The number of carbonyl (C=O) groups excluding carboxylic acids is 1. The lowest BCUT2D eigenvalue weighted by atomic mass is 9.59. The molecule has 28 heavy (non-hydrogen) atoms. The molecule has 3 fully saturated rings. The lowest BCUT2D eigenvalue weighted by molar-refractivity contribution is -0.152. The molecule has 0 spiro atoms. The number of carbonyl (C=O) groups is 1. The molecule has 3 aliphatic rings. The van der Waals surface area contributed by atoms with Crippen LogP contribution in [0.2, 0.25) is 18.1 Å². The van der Waals surface area contributed by atoms with E-state index in [0.717, 1.165) is 32.1 Å². The SMILES string of the molecule is CC1(C)OC[C@H](C[C@@]23CCC(=O)CC2CCCC[C@H]3O[Si](C)(C)C(C)(C)C)O1. The second-order valence-corrected chi connectivity index (χ2v) is 16.2. The first-order valence-corrected chi connectivity index (χ1v) is 14.3. The van der Waals surface area contributed by atoms with Crippen LogP contribution in [-0.4, -0.2) is 38.7 Å². The summed E-state index contributed by atoms with van der Waals surface area (Å²) in [6.07, 6.45) is 8.39. The van der Waals surface area contributed by atoms with Crippen LogP contribution >= 0.6 is 0 Å². The molecule has 0 aromatic carbocycles. The van der Waals surface area contributed by atoms with Crippen molar-refractivity contribution in [2.75, 3.05) is 6.61 Å². The van der Waals surface area contributed by atoms with E-state index >= 15 is 0 Å². The van der Waals surface area contributed by atoms with Gasteiger partial charge in [-0.25, -0.2) is 0 Å². The first kappa shape index (κ1) is 22.5. The van der Waals surface area contributed by atoms with Crippen LogP contribution in [0.15, 0.2) is 0 Å². The second-order valence-electron chi connectivity index (χ2n) is 11.5. The first-order chi connectivity index (χ1) is 12.8. The van der Waals surface area contributed by atoms with Crippen molar-refractivity contribution in [1.82, 2.24) is 0 Å². The Hall–Kier alpha value is -0.233. The highest BCUT2D eigenvalue weighted by molar-refractivity contribution is 6.74. The normalized spacial score (nSPS) is 36.8. The molecule has 0 amide bonds. The summed E-state index contributed by atoms with van der Waals surface area (Å²) in [7, 11) is -1.90. The number of Topliss-reactive ketones (excluding diaryl/α,β-unsaturated/α-hetero) is 1. The van der Waals surface area contributed by atoms with Gasteiger partial charge in [-0.2, -0.15) is 0 Å². The van der Waals surface area contributed by atoms with E-state index in [1.165, 1.54) is 12.8 Å². The van der Waals surface area contributed by atoms with Gasteiger partial charge in [-0.1, -0.05) is 33.6 Å². The van der Waals surface area contributed by atoms with Crippen LogP contribution < -0.4 is 0 Å². The largest absolute Gasteiger partial charge is 0.413 e. The summed E-state index contributed by atoms with van der Waals surface area (Å²) in [6, 6.07) is 0. The average Bonchev–Trinajstić information content (AvgIpc) is 2.80. The molecule has 4 atom stereocenters. The molecule has 1 heterocycles. The van der Waals surface area contributed by atoms with Crippen LogP contribution in [0.3, 0.4) is 0 Å². The molecular weight excluding hydrogens is 368 g/mol. The van der Waals surface area contributed by atoms with Crippen LogP contribution in [0.25, 0.3) is 0 Å². The fourth-order valence-electron chi connectivity index (χ4n) is 5.37. The Morgan fingerprint density at radius 2 is 1.86 bits per heavy atom. The Bertz CT molecular complexity index is 580. The Balaban J connectivity index is 1.91. The van der Waals surface area contributed by atoms with Gasteiger partial charge in [0.1, 0.15) is 5.78 Å². The molecule has 162 valence electrons. The molecule has 5 heteroatoms. The summed E-state index contributed by atoms with van der Waals surface area (Å²) in [5, 5.41) is 0.190. The summed E-state index contributed by atoms with van der Waals surface area (Å²) in [4.78, 5) is 12.4. The molecule has 0 aromatic heterocycles. The molecule has 2 aliphatic carbocycles. The molecule has 0 N–H and O–H groups in total. The molecule has 0 radical (unpaired) electrons. The highest BCUT2D eigenvalue weighted by atomic mass is 28.4. The molecule has 1 unspecified atom stereocenters. The number of ketones is 1. The van der Waals surface area contributed by atoms with Crippen molar-refractivity contribution in [2.24, 2.45) is 11.3 Å². The summed E-state index contributed by atoms with van der Waals surface area (Å²) in [6.45, 7) is 16.4. The third-order valence-electron chi connectivity index (χ3n) is 7.98. The van der Waals surface area contributed by atoms with Crippen molar-refractivity contribution < 1.29 is 18.7 Å². The third kappa shape index (κ3) is 4.58. The van der Waals surface area contributed by atoms with Gasteiger partial charge in [-0.05, 0) is 63.6 Å². The minimum absolute atomic E-state index is 0.0500. The number of rotatable bonds is 4. The minimum Gasteiger partial charge on any atom is -0.413 e. The van der Waals surface area contributed by atoms with Gasteiger partial charge in [0.15, 0.2) is 14.1 Å². The zero-order valence-corrected chi connectivity index (χ0v) is 20.2. The van der Waals surface area contributed by atoms with Crippen LogP contribution in [0.5, 0.6) is 0 Å². The summed E-state index contributed by atoms with van der Waals surface area (Å²) in [5.74, 6) is 0.373. The molecule has 0 aromatic rings. The second kappa shape index (κ2) is 7.79. The van der Waals surface area contributed by atoms with Crippen LogP contribution in [0, 0.1) is 11.3 Å². The monoisotopic (exact) mass is 410 g/mol. The zero-order valence-electron chi connectivity index (χ0n) is 19.2. The molecule has 4 nitrogen and oxygen atoms in total. The van der Waals surface area contributed by atoms with Crippen LogP contribution in [-0.2, 0) is 18.7 Å². The Morgan fingerprint density at radius 3 is 2.46 bits per heavy atom. The van der Waals surface area contributed by atoms with Crippen molar-refractivity contribution in [3.05, 3.63) is 0 Å². The van der Waals surface area contributed by atoms with E-state index < -0.39 is 14.1 Å². The molecule has 1 aliphatic heterocycles. The number of hydrogen-bond acceptors (Lipinski definition) is 4. The number of fused-ring (bicyclic) bond motifs is 1. The van der Waals surface area contributed by atoms with E-state index in [1.807, 2.05) is 13.8 Å². The number of ether oxygens (including phenoxy) is 2. The molecule has 3 rings (SSSR count). The third-order valence-corrected chi connectivity index (χ3v) is 12.5. The fraction of sp³-hybridized carbons (Fsp3) is 0.957. The smallest absolute Gasteiger partial charge is 0.192 e. The van der Waals surface area contributed by atoms with Gasteiger partial charge in [0.2, 0.25) is 0 Å². The van der Waals surface area contributed by atoms with Gasteiger partial charge in [0, 0.05) is 18.3 Å². The van der Waals surface area contributed by atoms with E-state index in [4.69, 9.17) is 13.9 Å². The maximum absolute atomic E-state index is 12.4. The van der Waals surface area contributed by atoms with E-state index in [-0.39, 0.29) is 22.7 Å². The Kier molecular flexibility index (Phi) is 6.25. The van der Waals surface area contributed by atoms with Gasteiger partial charge in [0.25, 0.3) is 0 Å². The van der Waals surface area contributed by atoms with Crippen molar-refractivity contribution in [2.45, 2.75) is 122 Å². The quantitative estimate of drug-likeness (QED) is 0.545. The topological polar surface area (TPSA) is 44.8 Å². The molecular formula is C23H42O4Si. The molecule has 2 saturated carbocycles. The Labute approximate surface area is 173 Å². The highest BCUT2D eigenvalue weighted by Gasteiger charge is 2.54. The minimum atomic E-state index is -1.90. The number of hydrogen-bond donors (Lipinski definition) is 0. The average molecular weight is 411 g/mol.